The van der Waals surface area contributed by atoms with Gasteiger partial charge in [0, 0.05) is 22.0 Å². The van der Waals surface area contributed by atoms with E-state index in [9.17, 15) is 0 Å². The maximum absolute atomic E-state index is 6.34. The van der Waals surface area contributed by atoms with Gasteiger partial charge in [0.1, 0.15) is 5.01 Å². The van der Waals surface area contributed by atoms with Crippen LogP contribution >= 0.6 is 34.7 Å². The van der Waals surface area contributed by atoms with Crippen LogP contribution in [-0.4, -0.2) is 15.7 Å². The minimum absolute atomic E-state index is 0.0560. The molecule has 2 rings (SSSR count). The van der Waals surface area contributed by atoms with Crippen LogP contribution in [0.2, 0.25) is 5.02 Å². The number of aryl methyl sites for hydroxylation is 1. The molecule has 0 saturated carbocycles. The van der Waals surface area contributed by atoms with Crippen LogP contribution < -0.4 is 5.32 Å². The monoisotopic (exact) mass is 327 g/mol. The summed E-state index contributed by atoms with van der Waals surface area (Å²) in [6, 6.07) is 5.97. The minimum Gasteiger partial charge on any atom is -0.308 e. The lowest BCUT2D eigenvalue weighted by atomic mass is 10.1. The quantitative estimate of drug-likeness (QED) is 0.894. The van der Waals surface area contributed by atoms with Crippen LogP contribution in [-0.2, 0) is 6.54 Å². The average Bonchev–Trinajstić information content (AvgIpc) is 2.73. The topological polar surface area (TPSA) is 37.8 Å². The molecule has 1 N–H and O–H groups in total. The van der Waals surface area contributed by atoms with Gasteiger partial charge >= 0.3 is 0 Å². The summed E-state index contributed by atoms with van der Waals surface area (Å²) in [7, 11) is 0. The molecule has 0 saturated heterocycles. The third-order valence-electron chi connectivity index (χ3n) is 2.58. The molecular weight excluding hydrogens is 310 g/mol. The zero-order chi connectivity index (χ0) is 14.8. The number of benzene rings is 1. The first kappa shape index (κ1) is 15.8. The predicted octanol–water partition coefficient (Wildman–Crippen LogP) is 4.54. The van der Waals surface area contributed by atoms with Crippen molar-refractivity contribution in [1.82, 2.24) is 15.5 Å². The highest BCUT2D eigenvalue weighted by atomic mass is 35.5. The Labute approximate surface area is 133 Å². The zero-order valence-electron chi connectivity index (χ0n) is 12.0. The SMILES string of the molecule is Cc1nnc(Sc2cccc(Cl)c2CNC(C)(C)C)s1. The van der Waals surface area contributed by atoms with E-state index >= 15 is 0 Å². The molecule has 2 aromatic rings. The lowest BCUT2D eigenvalue weighted by Gasteiger charge is -2.22. The summed E-state index contributed by atoms with van der Waals surface area (Å²) >= 11 is 9.56. The minimum atomic E-state index is 0.0560. The Balaban J connectivity index is 2.21. The first-order chi connectivity index (χ1) is 9.35. The number of hydrogen-bond donors (Lipinski definition) is 1. The van der Waals surface area contributed by atoms with E-state index in [1.165, 1.54) is 0 Å². The first-order valence-corrected chi connectivity index (χ1v) is 8.36. The van der Waals surface area contributed by atoms with E-state index in [0.717, 1.165) is 31.4 Å². The van der Waals surface area contributed by atoms with Gasteiger partial charge in [-0.15, -0.1) is 10.2 Å². The van der Waals surface area contributed by atoms with Gasteiger partial charge in [0.25, 0.3) is 0 Å². The summed E-state index contributed by atoms with van der Waals surface area (Å²) in [5, 5.41) is 13.4. The fraction of sp³-hybridized carbons (Fsp3) is 0.429. The highest BCUT2D eigenvalue weighted by molar-refractivity contribution is 8.01. The molecule has 0 spiro atoms. The van der Waals surface area contributed by atoms with E-state index in [4.69, 9.17) is 11.6 Å². The molecule has 0 fully saturated rings. The molecule has 0 aliphatic carbocycles. The van der Waals surface area contributed by atoms with Gasteiger partial charge in [-0.05, 0) is 45.4 Å². The smallest absolute Gasteiger partial charge is 0.179 e. The fourth-order valence-electron chi connectivity index (χ4n) is 1.57. The molecule has 0 aliphatic rings. The van der Waals surface area contributed by atoms with Crippen LogP contribution in [0.25, 0.3) is 0 Å². The van der Waals surface area contributed by atoms with E-state index in [1.54, 1.807) is 23.1 Å². The Morgan fingerprint density at radius 1 is 1.30 bits per heavy atom. The van der Waals surface area contributed by atoms with Crippen molar-refractivity contribution in [3.8, 4) is 0 Å². The van der Waals surface area contributed by atoms with E-state index in [-0.39, 0.29) is 5.54 Å². The second-order valence-electron chi connectivity index (χ2n) is 5.51. The van der Waals surface area contributed by atoms with E-state index < -0.39 is 0 Å². The van der Waals surface area contributed by atoms with Crippen molar-refractivity contribution in [3.63, 3.8) is 0 Å². The zero-order valence-corrected chi connectivity index (χ0v) is 14.4. The summed E-state index contributed by atoms with van der Waals surface area (Å²) in [5.41, 5.74) is 1.17. The van der Waals surface area contributed by atoms with Gasteiger partial charge in [-0.3, -0.25) is 0 Å². The number of rotatable bonds is 4. The van der Waals surface area contributed by atoms with Crippen LogP contribution in [0.1, 0.15) is 31.3 Å². The number of halogens is 1. The molecule has 1 aromatic heterocycles. The van der Waals surface area contributed by atoms with Crippen LogP contribution in [0.15, 0.2) is 27.4 Å². The van der Waals surface area contributed by atoms with Crippen LogP contribution in [0.4, 0.5) is 0 Å². The van der Waals surface area contributed by atoms with Gasteiger partial charge < -0.3 is 5.32 Å². The molecule has 1 heterocycles. The lowest BCUT2D eigenvalue weighted by Crippen LogP contribution is -2.35. The summed E-state index contributed by atoms with van der Waals surface area (Å²) in [6.45, 7) is 9.13. The van der Waals surface area contributed by atoms with Crippen molar-refractivity contribution in [2.75, 3.05) is 0 Å². The lowest BCUT2D eigenvalue weighted by molar-refractivity contribution is 0.422. The molecule has 1 aromatic carbocycles. The second kappa shape index (κ2) is 6.43. The van der Waals surface area contributed by atoms with Gasteiger partial charge in [0.15, 0.2) is 4.34 Å². The molecule has 0 aliphatic heterocycles. The van der Waals surface area contributed by atoms with Crippen molar-refractivity contribution in [1.29, 1.82) is 0 Å². The molecule has 0 bridgehead atoms. The van der Waals surface area contributed by atoms with Gasteiger partial charge in [-0.2, -0.15) is 0 Å². The predicted molar refractivity (Wildman–Crippen MR) is 86.8 cm³/mol. The Morgan fingerprint density at radius 2 is 2.05 bits per heavy atom. The molecule has 20 heavy (non-hydrogen) atoms. The number of aromatic nitrogens is 2. The first-order valence-electron chi connectivity index (χ1n) is 6.35. The van der Waals surface area contributed by atoms with Crippen molar-refractivity contribution < 1.29 is 0 Å². The summed E-state index contributed by atoms with van der Waals surface area (Å²) in [6.07, 6.45) is 0. The molecule has 0 amide bonds. The molecule has 6 heteroatoms. The Hall–Kier alpha value is -0.620. The number of nitrogens with zero attached hydrogens (tertiary/aromatic N) is 2. The van der Waals surface area contributed by atoms with Crippen molar-refractivity contribution in [3.05, 3.63) is 33.8 Å². The van der Waals surface area contributed by atoms with Crippen molar-refractivity contribution in [2.45, 2.75) is 49.0 Å². The third kappa shape index (κ3) is 4.45. The summed E-state index contributed by atoms with van der Waals surface area (Å²) in [4.78, 5) is 1.13. The molecule has 0 unspecified atom stereocenters. The largest absolute Gasteiger partial charge is 0.308 e. The summed E-state index contributed by atoms with van der Waals surface area (Å²) < 4.78 is 0.946. The maximum atomic E-state index is 6.34. The highest BCUT2D eigenvalue weighted by Crippen LogP contribution is 2.35. The molecular formula is C14H18ClN3S2. The Kier molecular flexibility index (Phi) is 5.07. The highest BCUT2D eigenvalue weighted by Gasteiger charge is 2.14. The van der Waals surface area contributed by atoms with Crippen molar-refractivity contribution >= 4 is 34.7 Å². The number of nitrogens with one attached hydrogen (secondary N) is 1. The third-order valence-corrected chi connectivity index (χ3v) is 4.92. The standard InChI is InChI=1S/C14H18ClN3S2/c1-9-17-18-13(19-9)20-12-7-5-6-11(15)10(12)8-16-14(2,3)4/h5-7,16H,8H2,1-4H3. The Morgan fingerprint density at radius 3 is 2.65 bits per heavy atom. The van der Waals surface area contributed by atoms with Gasteiger partial charge in [-0.25, -0.2) is 0 Å². The maximum Gasteiger partial charge on any atom is 0.179 e. The molecule has 3 nitrogen and oxygen atoms in total. The Bertz CT molecular complexity index is 590. The molecule has 108 valence electrons. The molecule has 0 atom stereocenters. The van der Waals surface area contributed by atoms with Gasteiger partial charge in [-0.1, -0.05) is 40.8 Å². The second-order valence-corrected chi connectivity index (χ2v) is 8.39. The van der Waals surface area contributed by atoms with E-state index in [0.29, 0.717) is 0 Å². The number of hydrogen-bond acceptors (Lipinski definition) is 5. The fourth-order valence-corrected chi connectivity index (χ4v) is 3.81. The van der Waals surface area contributed by atoms with Gasteiger partial charge in [0.2, 0.25) is 0 Å². The molecule has 0 radical (unpaired) electrons. The van der Waals surface area contributed by atoms with Crippen LogP contribution in [0, 0.1) is 6.92 Å². The van der Waals surface area contributed by atoms with Crippen LogP contribution in [0.5, 0.6) is 0 Å². The normalized spacial score (nSPS) is 11.8. The van der Waals surface area contributed by atoms with E-state index in [2.05, 4.69) is 42.4 Å². The van der Waals surface area contributed by atoms with E-state index in [1.807, 2.05) is 19.1 Å². The average molecular weight is 328 g/mol. The van der Waals surface area contributed by atoms with Crippen LogP contribution in [0.3, 0.4) is 0 Å². The van der Waals surface area contributed by atoms with Crippen molar-refractivity contribution in [2.24, 2.45) is 0 Å². The summed E-state index contributed by atoms with van der Waals surface area (Å²) in [5.74, 6) is 0. The van der Waals surface area contributed by atoms with Gasteiger partial charge in [0.05, 0.1) is 0 Å².